The molecule has 94 valence electrons. The van der Waals surface area contributed by atoms with E-state index in [0.29, 0.717) is 12.4 Å². The molecule has 1 aromatic carbocycles. The molecule has 6 nitrogen and oxygen atoms in total. The molecule has 0 bridgehead atoms. The third-order valence-corrected chi connectivity index (χ3v) is 2.27. The van der Waals surface area contributed by atoms with E-state index in [1.54, 1.807) is 13.2 Å². The van der Waals surface area contributed by atoms with Crippen LogP contribution in [-0.4, -0.2) is 18.3 Å². The summed E-state index contributed by atoms with van der Waals surface area (Å²) in [6.07, 6.45) is 1.39. The lowest BCUT2D eigenvalue weighted by molar-refractivity contribution is 0.251. The normalized spacial score (nSPS) is 9.83. The molecule has 2 amide bonds. The predicted octanol–water partition coefficient (Wildman–Crippen LogP) is 2.00. The zero-order valence-corrected chi connectivity index (χ0v) is 9.84. The molecule has 0 aliphatic heterocycles. The van der Waals surface area contributed by atoms with Crippen LogP contribution in [0.3, 0.4) is 0 Å². The van der Waals surface area contributed by atoms with Crippen molar-refractivity contribution in [1.29, 1.82) is 0 Å². The lowest BCUT2D eigenvalue weighted by Gasteiger charge is -2.06. The number of hydrogen-bond donors (Lipinski definition) is 2. The van der Waals surface area contributed by atoms with E-state index in [1.165, 1.54) is 6.26 Å². The van der Waals surface area contributed by atoms with Crippen LogP contribution in [0.25, 0.3) is 0 Å². The second-order valence-corrected chi connectivity index (χ2v) is 3.54. The molecule has 0 fully saturated rings. The fourth-order valence-corrected chi connectivity index (χ4v) is 1.40. The van der Waals surface area contributed by atoms with Crippen molar-refractivity contribution in [3.63, 3.8) is 0 Å². The van der Waals surface area contributed by atoms with Gasteiger partial charge in [-0.2, -0.15) is 0 Å². The van der Waals surface area contributed by atoms with Crippen molar-refractivity contribution >= 4 is 11.8 Å². The summed E-state index contributed by atoms with van der Waals surface area (Å²) < 4.78 is 9.70. The fraction of sp³-hybridized carbons (Fsp3) is 0.167. The number of hydrogen-bond acceptors (Lipinski definition) is 4. The quantitative estimate of drug-likeness (QED) is 0.866. The fourth-order valence-electron chi connectivity index (χ4n) is 1.40. The highest BCUT2D eigenvalue weighted by molar-refractivity contribution is 5.87. The molecule has 0 radical (unpaired) electrons. The maximum absolute atomic E-state index is 11.5. The first-order valence-corrected chi connectivity index (χ1v) is 5.36. The van der Waals surface area contributed by atoms with Crippen LogP contribution in [0.1, 0.15) is 5.56 Å². The largest absolute Gasteiger partial charge is 0.497 e. The lowest BCUT2D eigenvalue weighted by Crippen LogP contribution is -2.28. The summed E-state index contributed by atoms with van der Waals surface area (Å²) in [6.45, 7) is 0.404. The first kappa shape index (κ1) is 12.0. The lowest BCUT2D eigenvalue weighted by atomic mass is 10.2. The number of amides is 2. The van der Waals surface area contributed by atoms with Gasteiger partial charge in [0.1, 0.15) is 12.0 Å². The molecule has 2 N–H and O–H groups in total. The number of benzene rings is 1. The Morgan fingerprint density at radius 3 is 3.06 bits per heavy atom. The van der Waals surface area contributed by atoms with Crippen molar-refractivity contribution in [2.75, 3.05) is 12.4 Å². The van der Waals surface area contributed by atoms with Gasteiger partial charge in [-0.3, -0.25) is 5.32 Å². The minimum absolute atomic E-state index is 0.341. The highest BCUT2D eigenvalue weighted by atomic mass is 16.5. The molecule has 18 heavy (non-hydrogen) atoms. The minimum Gasteiger partial charge on any atom is -0.497 e. The molecule has 0 saturated heterocycles. The van der Waals surface area contributed by atoms with Crippen LogP contribution in [0.4, 0.5) is 10.6 Å². The van der Waals surface area contributed by atoms with E-state index in [0.717, 1.165) is 11.3 Å². The van der Waals surface area contributed by atoms with Gasteiger partial charge in [-0.05, 0) is 17.7 Å². The summed E-state index contributed by atoms with van der Waals surface area (Å²) in [5, 5.41) is 8.81. The highest BCUT2D eigenvalue weighted by Crippen LogP contribution is 2.12. The van der Waals surface area contributed by atoms with Gasteiger partial charge in [-0.1, -0.05) is 17.3 Å². The number of anilines is 1. The summed E-state index contributed by atoms with van der Waals surface area (Å²) in [5.41, 5.74) is 0.949. The van der Waals surface area contributed by atoms with E-state index < -0.39 is 0 Å². The maximum atomic E-state index is 11.5. The molecule has 1 aromatic heterocycles. The highest BCUT2D eigenvalue weighted by Gasteiger charge is 2.03. The third-order valence-electron chi connectivity index (χ3n) is 2.27. The number of nitrogens with one attached hydrogen (secondary N) is 2. The summed E-state index contributed by atoms with van der Waals surface area (Å²) >= 11 is 0. The van der Waals surface area contributed by atoms with Crippen LogP contribution in [0, 0.1) is 0 Å². The summed E-state index contributed by atoms with van der Waals surface area (Å²) in [6, 6.07) is 8.69. The zero-order valence-electron chi connectivity index (χ0n) is 9.84. The van der Waals surface area contributed by atoms with E-state index >= 15 is 0 Å². The van der Waals surface area contributed by atoms with E-state index in [-0.39, 0.29) is 6.03 Å². The van der Waals surface area contributed by atoms with E-state index in [2.05, 4.69) is 20.3 Å². The van der Waals surface area contributed by atoms with Gasteiger partial charge in [0, 0.05) is 12.6 Å². The Morgan fingerprint density at radius 1 is 1.44 bits per heavy atom. The SMILES string of the molecule is COc1cccc(CNC(=O)Nc2ccon2)c1. The van der Waals surface area contributed by atoms with Gasteiger partial charge in [-0.15, -0.1) is 0 Å². The molecule has 0 saturated carbocycles. The van der Waals surface area contributed by atoms with Crippen molar-refractivity contribution in [3.8, 4) is 5.75 Å². The van der Waals surface area contributed by atoms with Gasteiger partial charge in [0.25, 0.3) is 0 Å². The standard InChI is InChI=1S/C12H13N3O3/c1-17-10-4-2-3-9(7-10)8-13-12(16)14-11-5-6-18-15-11/h2-7H,8H2,1H3,(H2,13,14,15,16). The first-order chi connectivity index (χ1) is 8.78. The van der Waals surface area contributed by atoms with Gasteiger partial charge in [0.2, 0.25) is 0 Å². The van der Waals surface area contributed by atoms with Gasteiger partial charge in [0.05, 0.1) is 7.11 Å². The van der Waals surface area contributed by atoms with Gasteiger partial charge in [0.15, 0.2) is 5.82 Å². The van der Waals surface area contributed by atoms with Gasteiger partial charge in [-0.25, -0.2) is 4.79 Å². The van der Waals surface area contributed by atoms with Crippen molar-refractivity contribution in [2.45, 2.75) is 6.54 Å². The summed E-state index contributed by atoms with van der Waals surface area (Å²) in [7, 11) is 1.60. The molecule has 1 heterocycles. The Morgan fingerprint density at radius 2 is 2.33 bits per heavy atom. The number of aromatic nitrogens is 1. The van der Waals surface area contributed by atoms with E-state index in [4.69, 9.17) is 4.74 Å². The topological polar surface area (TPSA) is 76.4 Å². The second kappa shape index (κ2) is 5.72. The molecule has 0 aliphatic rings. The first-order valence-electron chi connectivity index (χ1n) is 5.36. The Balaban J connectivity index is 1.85. The smallest absolute Gasteiger partial charge is 0.320 e. The average molecular weight is 247 g/mol. The Labute approximate surface area is 104 Å². The minimum atomic E-state index is -0.341. The Kier molecular flexibility index (Phi) is 3.80. The molecule has 0 unspecified atom stereocenters. The van der Waals surface area contributed by atoms with Crippen LogP contribution in [0.5, 0.6) is 5.75 Å². The van der Waals surface area contributed by atoms with E-state index in [9.17, 15) is 4.79 Å². The number of rotatable bonds is 4. The van der Waals surface area contributed by atoms with Crippen molar-refractivity contribution in [3.05, 3.63) is 42.2 Å². The summed E-state index contributed by atoms with van der Waals surface area (Å²) in [4.78, 5) is 11.5. The molecule has 2 rings (SSSR count). The zero-order chi connectivity index (χ0) is 12.8. The van der Waals surface area contributed by atoms with Crippen LogP contribution in [0.2, 0.25) is 0 Å². The Hall–Kier alpha value is -2.50. The Bertz CT molecular complexity index is 511. The van der Waals surface area contributed by atoms with Crippen molar-refractivity contribution < 1.29 is 14.1 Å². The number of urea groups is 1. The molecule has 2 aromatic rings. The monoisotopic (exact) mass is 247 g/mol. The number of carbonyl (C=O) groups is 1. The van der Waals surface area contributed by atoms with Crippen LogP contribution in [0.15, 0.2) is 41.1 Å². The predicted molar refractivity (Wildman–Crippen MR) is 65.4 cm³/mol. The van der Waals surface area contributed by atoms with Crippen molar-refractivity contribution in [2.24, 2.45) is 0 Å². The van der Waals surface area contributed by atoms with Crippen LogP contribution in [-0.2, 0) is 6.54 Å². The molecular weight excluding hydrogens is 234 g/mol. The molecule has 0 atom stereocenters. The molecule has 6 heteroatoms. The maximum Gasteiger partial charge on any atom is 0.320 e. The average Bonchev–Trinajstić information content (AvgIpc) is 2.89. The molecular formula is C12H13N3O3. The van der Waals surface area contributed by atoms with Crippen LogP contribution < -0.4 is 15.4 Å². The summed E-state index contributed by atoms with van der Waals surface area (Å²) in [5.74, 6) is 1.13. The van der Waals surface area contributed by atoms with Crippen LogP contribution >= 0.6 is 0 Å². The third kappa shape index (κ3) is 3.24. The number of nitrogens with zero attached hydrogens (tertiary/aromatic N) is 1. The van der Waals surface area contributed by atoms with Gasteiger partial charge < -0.3 is 14.6 Å². The number of carbonyl (C=O) groups excluding carboxylic acids is 1. The number of methoxy groups -OCH3 is 1. The van der Waals surface area contributed by atoms with Crippen molar-refractivity contribution in [1.82, 2.24) is 10.5 Å². The number of ether oxygens (including phenoxy) is 1. The molecule has 0 aliphatic carbocycles. The molecule has 0 spiro atoms. The van der Waals surface area contributed by atoms with E-state index in [1.807, 2.05) is 24.3 Å². The second-order valence-electron chi connectivity index (χ2n) is 3.54. The van der Waals surface area contributed by atoms with Gasteiger partial charge >= 0.3 is 6.03 Å².